The molecule has 17 heavy (non-hydrogen) atoms. The topological polar surface area (TPSA) is 23.8 Å². The van der Waals surface area contributed by atoms with Gasteiger partial charge in [0.05, 0.1) is 12.0 Å². The van der Waals surface area contributed by atoms with Gasteiger partial charge in [-0.15, -0.1) is 0 Å². The van der Waals surface area contributed by atoms with Gasteiger partial charge in [0, 0.05) is 0 Å². The Morgan fingerprint density at radius 3 is 2.47 bits per heavy atom. The van der Waals surface area contributed by atoms with E-state index in [0.717, 1.165) is 6.42 Å². The Balaban J connectivity index is 2.39. The molecule has 2 aromatic rings. The summed E-state index contributed by atoms with van der Waals surface area (Å²) >= 11 is 0. The zero-order chi connectivity index (χ0) is 12.3. The van der Waals surface area contributed by atoms with Gasteiger partial charge in [-0.3, -0.25) is 0 Å². The van der Waals surface area contributed by atoms with Crippen molar-refractivity contribution in [3.63, 3.8) is 0 Å². The predicted octanol–water partition coefficient (Wildman–Crippen LogP) is 4.18. The molecule has 2 aromatic carbocycles. The molecule has 0 aliphatic heterocycles. The summed E-state index contributed by atoms with van der Waals surface area (Å²) in [5, 5.41) is 11.7. The van der Waals surface area contributed by atoms with E-state index in [4.69, 9.17) is 0 Å². The molecular weight excluding hydrogens is 206 g/mol. The van der Waals surface area contributed by atoms with E-state index < -0.39 is 0 Å². The van der Waals surface area contributed by atoms with E-state index in [1.54, 1.807) is 0 Å². The zero-order valence-electron chi connectivity index (χ0n) is 10.4. The van der Waals surface area contributed by atoms with Crippen molar-refractivity contribution < 1.29 is 0 Å². The average molecular weight is 223 g/mol. The normalized spacial score (nSPS) is 12.6. The molecule has 0 aliphatic rings. The maximum atomic E-state index is 9.18. The summed E-state index contributed by atoms with van der Waals surface area (Å²) in [7, 11) is 0. The largest absolute Gasteiger partial charge is 0.198 e. The molecule has 0 spiro atoms. The molecule has 0 fully saturated rings. The summed E-state index contributed by atoms with van der Waals surface area (Å²) in [6.07, 6.45) is 0.843. The van der Waals surface area contributed by atoms with Crippen molar-refractivity contribution in [2.45, 2.75) is 20.3 Å². The van der Waals surface area contributed by atoms with E-state index in [2.05, 4.69) is 62.4 Å². The Hall–Kier alpha value is -1.81. The average Bonchev–Trinajstić information content (AvgIpc) is 2.35. The van der Waals surface area contributed by atoms with Gasteiger partial charge in [-0.25, -0.2) is 0 Å². The van der Waals surface area contributed by atoms with E-state index in [-0.39, 0.29) is 5.92 Å². The second-order valence-electron chi connectivity index (χ2n) is 4.82. The van der Waals surface area contributed by atoms with Crippen molar-refractivity contribution in [1.82, 2.24) is 0 Å². The predicted molar refractivity (Wildman–Crippen MR) is 71.6 cm³/mol. The molecule has 0 amide bonds. The second kappa shape index (κ2) is 5.01. The van der Waals surface area contributed by atoms with E-state index in [1.165, 1.54) is 16.3 Å². The molecule has 2 rings (SSSR count). The third-order valence-corrected chi connectivity index (χ3v) is 3.29. The molecule has 0 bridgehead atoms. The van der Waals surface area contributed by atoms with Crippen LogP contribution in [0, 0.1) is 23.2 Å². The Bertz CT molecular complexity index is 543. The minimum Gasteiger partial charge on any atom is -0.198 e. The van der Waals surface area contributed by atoms with Crippen molar-refractivity contribution in [3.8, 4) is 6.07 Å². The second-order valence-corrected chi connectivity index (χ2v) is 4.82. The number of fused-ring (bicyclic) bond motifs is 1. The monoisotopic (exact) mass is 223 g/mol. The highest BCUT2D eigenvalue weighted by Crippen LogP contribution is 2.23. The fourth-order valence-corrected chi connectivity index (χ4v) is 2.14. The van der Waals surface area contributed by atoms with Crippen molar-refractivity contribution in [2.24, 2.45) is 11.8 Å². The van der Waals surface area contributed by atoms with Gasteiger partial charge in [0.15, 0.2) is 0 Å². The van der Waals surface area contributed by atoms with E-state index in [1.807, 2.05) is 0 Å². The van der Waals surface area contributed by atoms with Gasteiger partial charge in [0.25, 0.3) is 0 Å². The van der Waals surface area contributed by atoms with Gasteiger partial charge < -0.3 is 0 Å². The number of rotatable bonds is 3. The first-order chi connectivity index (χ1) is 8.22. The van der Waals surface area contributed by atoms with Crippen LogP contribution in [0.5, 0.6) is 0 Å². The van der Waals surface area contributed by atoms with Crippen molar-refractivity contribution in [1.29, 1.82) is 5.26 Å². The van der Waals surface area contributed by atoms with Gasteiger partial charge in [-0.05, 0) is 28.7 Å². The minimum absolute atomic E-state index is 0.0980. The third kappa shape index (κ3) is 2.47. The molecule has 1 atom stereocenters. The zero-order valence-corrected chi connectivity index (χ0v) is 10.4. The fourth-order valence-electron chi connectivity index (χ4n) is 2.14. The van der Waals surface area contributed by atoms with Crippen LogP contribution in [0.25, 0.3) is 10.8 Å². The van der Waals surface area contributed by atoms with Crippen molar-refractivity contribution in [2.75, 3.05) is 0 Å². The molecule has 0 unspecified atom stereocenters. The summed E-state index contributed by atoms with van der Waals surface area (Å²) in [6, 6.07) is 17.1. The molecule has 1 nitrogen and oxygen atoms in total. The molecule has 86 valence electrons. The summed E-state index contributed by atoms with van der Waals surface area (Å²) in [4.78, 5) is 0. The smallest absolute Gasteiger partial charge is 0.0661 e. The lowest BCUT2D eigenvalue weighted by molar-refractivity contribution is 0.475. The van der Waals surface area contributed by atoms with Crippen LogP contribution in [0.2, 0.25) is 0 Å². The van der Waals surface area contributed by atoms with Crippen LogP contribution < -0.4 is 0 Å². The molecule has 0 heterocycles. The number of nitriles is 1. The highest BCUT2D eigenvalue weighted by molar-refractivity contribution is 5.85. The molecule has 0 aliphatic carbocycles. The Morgan fingerprint density at radius 1 is 1.06 bits per heavy atom. The summed E-state index contributed by atoms with van der Waals surface area (Å²) in [5.41, 5.74) is 1.28. The molecule has 0 aromatic heterocycles. The van der Waals surface area contributed by atoms with Crippen molar-refractivity contribution >= 4 is 10.8 Å². The van der Waals surface area contributed by atoms with Crippen LogP contribution in [0.4, 0.5) is 0 Å². The number of nitrogens with zero attached hydrogens (tertiary/aromatic N) is 1. The standard InChI is InChI=1S/C16H17N/c1-12(2)15(11-17)10-14-8-5-7-13-6-3-4-9-16(13)14/h3-9,12,15H,10H2,1-2H3/t15-/m1/s1. The molecule has 1 heteroatoms. The van der Waals surface area contributed by atoms with Crippen molar-refractivity contribution in [3.05, 3.63) is 48.0 Å². The molecule has 0 saturated carbocycles. The Kier molecular flexibility index (Phi) is 3.44. The minimum atomic E-state index is 0.0980. The fraction of sp³-hybridized carbons (Fsp3) is 0.312. The summed E-state index contributed by atoms with van der Waals surface area (Å²) in [5.74, 6) is 0.500. The van der Waals surface area contributed by atoms with Crippen LogP contribution in [-0.2, 0) is 6.42 Å². The van der Waals surface area contributed by atoms with E-state index >= 15 is 0 Å². The quantitative estimate of drug-likeness (QED) is 0.765. The third-order valence-electron chi connectivity index (χ3n) is 3.29. The lowest BCUT2D eigenvalue weighted by Gasteiger charge is -2.14. The maximum Gasteiger partial charge on any atom is 0.0661 e. The Morgan fingerprint density at radius 2 is 1.76 bits per heavy atom. The highest BCUT2D eigenvalue weighted by atomic mass is 14.3. The van der Waals surface area contributed by atoms with Crippen LogP contribution in [-0.4, -0.2) is 0 Å². The van der Waals surface area contributed by atoms with Crippen LogP contribution >= 0.6 is 0 Å². The van der Waals surface area contributed by atoms with E-state index in [0.29, 0.717) is 5.92 Å². The first kappa shape index (κ1) is 11.7. The first-order valence-electron chi connectivity index (χ1n) is 6.08. The number of benzene rings is 2. The van der Waals surface area contributed by atoms with Gasteiger partial charge in [-0.1, -0.05) is 56.3 Å². The van der Waals surface area contributed by atoms with Gasteiger partial charge >= 0.3 is 0 Å². The Labute approximate surface area is 103 Å². The SMILES string of the molecule is CC(C)[C@@H](C#N)Cc1cccc2ccccc12. The molecule has 0 N–H and O–H groups in total. The van der Waals surface area contributed by atoms with Crippen LogP contribution in [0.3, 0.4) is 0 Å². The van der Waals surface area contributed by atoms with Crippen LogP contribution in [0.15, 0.2) is 42.5 Å². The first-order valence-corrected chi connectivity index (χ1v) is 6.08. The summed E-state index contributed by atoms with van der Waals surface area (Å²) in [6.45, 7) is 4.22. The van der Waals surface area contributed by atoms with Gasteiger partial charge in [0.2, 0.25) is 0 Å². The number of hydrogen-bond acceptors (Lipinski definition) is 1. The van der Waals surface area contributed by atoms with Gasteiger partial charge in [0.1, 0.15) is 0 Å². The van der Waals surface area contributed by atoms with Crippen LogP contribution in [0.1, 0.15) is 19.4 Å². The molecular formula is C16H17N. The molecule has 0 saturated heterocycles. The van der Waals surface area contributed by atoms with Gasteiger partial charge in [-0.2, -0.15) is 5.26 Å². The lowest BCUT2D eigenvalue weighted by atomic mass is 9.88. The molecule has 0 radical (unpaired) electrons. The van der Waals surface area contributed by atoms with E-state index in [9.17, 15) is 5.26 Å². The maximum absolute atomic E-state index is 9.18. The highest BCUT2D eigenvalue weighted by Gasteiger charge is 2.14. The number of hydrogen-bond donors (Lipinski definition) is 0. The summed E-state index contributed by atoms with van der Waals surface area (Å²) < 4.78 is 0. The lowest BCUT2D eigenvalue weighted by Crippen LogP contribution is -2.09.